The molecule has 24 heavy (non-hydrogen) atoms. The van der Waals surface area contributed by atoms with Crippen LogP contribution in [-0.2, 0) is 14.8 Å². The Hall–Kier alpha value is -1.27. The maximum Gasteiger partial charge on any atom is 0.243 e. The largest absolute Gasteiger partial charge is 0.354 e. The van der Waals surface area contributed by atoms with Crippen LogP contribution in [0.4, 0.5) is 5.69 Å². The standard InChI is InChI=1S/C17H25ClN2O3S/c1-13(17(21)19-12-14-7-4-3-5-8-14)20(24(2,22)23)16-10-6-9-15(18)11-16/h6,9-11,13-14H,3-5,7-8,12H2,1-2H3,(H,19,21)/t13-/m0/s1. The number of halogens is 1. The van der Waals surface area contributed by atoms with Crippen LogP contribution in [0.15, 0.2) is 24.3 Å². The summed E-state index contributed by atoms with van der Waals surface area (Å²) in [4.78, 5) is 12.5. The van der Waals surface area contributed by atoms with Crippen LogP contribution in [0.25, 0.3) is 0 Å². The fourth-order valence-electron chi connectivity index (χ4n) is 3.21. The van der Waals surface area contributed by atoms with Gasteiger partial charge in [0.1, 0.15) is 6.04 Å². The van der Waals surface area contributed by atoms with Crippen LogP contribution < -0.4 is 9.62 Å². The molecule has 1 aliphatic rings. The molecule has 0 unspecified atom stereocenters. The van der Waals surface area contributed by atoms with Crippen molar-refractivity contribution in [1.82, 2.24) is 5.32 Å². The number of carbonyl (C=O) groups is 1. The molecule has 2 rings (SSSR count). The van der Waals surface area contributed by atoms with Crippen molar-refractivity contribution >= 4 is 33.2 Å². The monoisotopic (exact) mass is 372 g/mol. The number of nitrogens with one attached hydrogen (secondary N) is 1. The number of benzene rings is 1. The molecule has 1 aliphatic carbocycles. The van der Waals surface area contributed by atoms with E-state index in [1.165, 1.54) is 19.3 Å². The van der Waals surface area contributed by atoms with Crippen molar-refractivity contribution in [2.24, 2.45) is 5.92 Å². The first-order valence-electron chi connectivity index (χ1n) is 8.31. The number of carbonyl (C=O) groups excluding carboxylic acids is 1. The van der Waals surface area contributed by atoms with Gasteiger partial charge >= 0.3 is 0 Å². The van der Waals surface area contributed by atoms with Crippen molar-refractivity contribution < 1.29 is 13.2 Å². The highest BCUT2D eigenvalue weighted by Gasteiger charge is 2.29. The van der Waals surface area contributed by atoms with E-state index < -0.39 is 16.1 Å². The second-order valence-electron chi connectivity index (χ2n) is 6.46. The summed E-state index contributed by atoms with van der Waals surface area (Å²) in [5, 5.41) is 3.34. The number of hydrogen-bond donors (Lipinski definition) is 1. The summed E-state index contributed by atoms with van der Waals surface area (Å²) in [6.07, 6.45) is 7.01. The van der Waals surface area contributed by atoms with E-state index in [0.717, 1.165) is 23.4 Å². The van der Waals surface area contributed by atoms with E-state index in [-0.39, 0.29) is 5.91 Å². The summed E-state index contributed by atoms with van der Waals surface area (Å²) in [6, 6.07) is 5.69. The summed E-state index contributed by atoms with van der Waals surface area (Å²) in [6.45, 7) is 2.20. The SMILES string of the molecule is C[C@@H](C(=O)NCC1CCCCC1)N(c1cccc(Cl)c1)S(C)(=O)=O. The molecule has 1 fully saturated rings. The number of rotatable bonds is 6. The lowest BCUT2D eigenvalue weighted by Crippen LogP contribution is -2.48. The second kappa shape index (κ2) is 8.21. The number of nitrogens with zero attached hydrogens (tertiary/aromatic N) is 1. The molecule has 1 aromatic rings. The first-order valence-corrected chi connectivity index (χ1v) is 10.5. The van der Waals surface area contributed by atoms with Crippen molar-refractivity contribution in [3.63, 3.8) is 0 Å². The van der Waals surface area contributed by atoms with E-state index in [2.05, 4.69) is 5.32 Å². The summed E-state index contributed by atoms with van der Waals surface area (Å²) in [7, 11) is -3.61. The van der Waals surface area contributed by atoms with E-state index in [1.54, 1.807) is 31.2 Å². The van der Waals surface area contributed by atoms with Gasteiger partial charge in [0.15, 0.2) is 0 Å². The van der Waals surface area contributed by atoms with Crippen molar-refractivity contribution in [2.45, 2.75) is 45.1 Å². The fraction of sp³-hybridized carbons (Fsp3) is 0.588. The molecular weight excluding hydrogens is 348 g/mol. The average molecular weight is 373 g/mol. The highest BCUT2D eigenvalue weighted by molar-refractivity contribution is 7.92. The van der Waals surface area contributed by atoms with Crippen LogP contribution in [0.1, 0.15) is 39.0 Å². The molecule has 1 atom stereocenters. The van der Waals surface area contributed by atoms with E-state index >= 15 is 0 Å². The van der Waals surface area contributed by atoms with Crippen LogP contribution in [-0.4, -0.2) is 33.2 Å². The maximum absolute atomic E-state index is 12.5. The maximum atomic E-state index is 12.5. The number of hydrogen-bond acceptors (Lipinski definition) is 3. The zero-order chi connectivity index (χ0) is 17.7. The molecule has 5 nitrogen and oxygen atoms in total. The summed E-state index contributed by atoms with van der Waals surface area (Å²) in [5.41, 5.74) is 0.394. The molecule has 1 N–H and O–H groups in total. The minimum atomic E-state index is -3.61. The first kappa shape index (κ1) is 19.1. The summed E-state index contributed by atoms with van der Waals surface area (Å²) < 4.78 is 25.5. The van der Waals surface area contributed by atoms with Gasteiger partial charge in [0, 0.05) is 11.6 Å². The summed E-state index contributed by atoms with van der Waals surface area (Å²) >= 11 is 5.96. The van der Waals surface area contributed by atoms with E-state index in [0.29, 0.717) is 23.2 Å². The Bertz CT molecular complexity index is 672. The Kier molecular flexibility index (Phi) is 6.52. The van der Waals surface area contributed by atoms with Crippen molar-refractivity contribution in [1.29, 1.82) is 0 Å². The van der Waals surface area contributed by atoms with Gasteiger partial charge in [0.2, 0.25) is 15.9 Å². The normalized spacial score (nSPS) is 17.3. The van der Waals surface area contributed by atoms with Crippen molar-refractivity contribution in [2.75, 3.05) is 17.1 Å². The van der Waals surface area contributed by atoms with Crippen LogP contribution in [0, 0.1) is 5.92 Å². The topological polar surface area (TPSA) is 66.5 Å². The van der Waals surface area contributed by atoms with E-state index in [4.69, 9.17) is 11.6 Å². The Morgan fingerprint density at radius 3 is 2.58 bits per heavy atom. The Morgan fingerprint density at radius 2 is 2.00 bits per heavy atom. The third-order valence-electron chi connectivity index (χ3n) is 4.44. The number of sulfonamides is 1. The Morgan fingerprint density at radius 1 is 1.33 bits per heavy atom. The molecule has 7 heteroatoms. The second-order valence-corrected chi connectivity index (χ2v) is 8.76. The first-order chi connectivity index (χ1) is 11.3. The number of anilines is 1. The fourth-order valence-corrected chi connectivity index (χ4v) is 4.56. The molecule has 0 heterocycles. The Labute approximate surface area is 149 Å². The zero-order valence-corrected chi connectivity index (χ0v) is 15.7. The van der Waals surface area contributed by atoms with E-state index in [1.807, 2.05) is 0 Å². The van der Waals surface area contributed by atoms with Crippen molar-refractivity contribution in [3.8, 4) is 0 Å². The Balaban J connectivity index is 2.09. The summed E-state index contributed by atoms with van der Waals surface area (Å²) in [5.74, 6) is 0.207. The predicted octanol–water partition coefficient (Wildman–Crippen LogP) is 3.19. The highest BCUT2D eigenvalue weighted by Crippen LogP contribution is 2.25. The minimum absolute atomic E-state index is 0.286. The molecule has 1 saturated carbocycles. The molecule has 0 aliphatic heterocycles. The zero-order valence-electron chi connectivity index (χ0n) is 14.2. The van der Waals surface area contributed by atoms with Crippen LogP contribution >= 0.6 is 11.6 Å². The average Bonchev–Trinajstić information content (AvgIpc) is 2.52. The van der Waals surface area contributed by atoms with Crippen LogP contribution in [0.2, 0.25) is 5.02 Å². The molecule has 0 aromatic heterocycles. The smallest absolute Gasteiger partial charge is 0.243 e. The minimum Gasteiger partial charge on any atom is -0.354 e. The van der Waals surface area contributed by atoms with Gasteiger partial charge in [0.05, 0.1) is 11.9 Å². The van der Waals surface area contributed by atoms with E-state index in [9.17, 15) is 13.2 Å². The van der Waals surface area contributed by atoms with Gasteiger partial charge in [-0.3, -0.25) is 9.10 Å². The lowest BCUT2D eigenvalue weighted by atomic mass is 9.89. The molecule has 0 saturated heterocycles. The molecule has 1 amide bonds. The lowest BCUT2D eigenvalue weighted by Gasteiger charge is -2.29. The van der Waals surface area contributed by atoms with Crippen molar-refractivity contribution in [3.05, 3.63) is 29.3 Å². The molecule has 0 radical (unpaired) electrons. The van der Waals surface area contributed by atoms with Gasteiger partial charge in [-0.25, -0.2) is 8.42 Å². The predicted molar refractivity (Wildman–Crippen MR) is 97.8 cm³/mol. The van der Waals surface area contributed by atoms with Gasteiger partial charge in [-0.2, -0.15) is 0 Å². The lowest BCUT2D eigenvalue weighted by molar-refractivity contribution is -0.122. The molecule has 0 bridgehead atoms. The molecule has 134 valence electrons. The van der Waals surface area contributed by atoms with Gasteiger partial charge in [-0.1, -0.05) is 36.9 Å². The molecule has 1 aromatic carbocycles. The van der Waals surface area contributed by atoms with Crippen LogP contribution in [0.5, 0.6) is 0 Å². The quantitative estimate of drug-likeness (QED) is 0.833. The molecule has 0 spiro atoms. The van der Waals surface area contributed by atoms with Gasteiger partial charge in [-0.15, -0.1) is 0 Å². The third-order valence-corrected chi connectivity index (χ3v) is 5.92. The van der Waals surface area contributed by atoms with Gasteiger partial charge in [0.25, 0.3) is 0 Å². The third kappa shape index (κ3) is 5.11. The van der Waals surface area contributed by atoms with Gasteiger partial charge in [-0.05, 0) is 43.9 Å². The number of amides is 1. The van der Waals surface area contributed by atoms with Crippen LogP contribution in [0.3, 0.4) is 0 Å². The molecular formula is C17H25ClN2O3S. The van der Waals surface area contributed by atoms with Gasteiger partial charge < -0.3 is 5.32 Å². The highest BCUT2D eigenvalue weighted by atomic mass is 35.5.